The third-order valence-corrected chi connectivity index (χ3v) is 11.3. The molecule has 0 saturated heterocycles. The molecule has 1 unspecified atom stereocenters. The van der Waals surface area contributed by atoms with E-state index < -0.39 is 86.6 Å². The van der Waals surface area contributed by atoms with Gasteiger partial charge in [0.15, 0.2) is 23.0 Å². The Hall–Kier alpha value is -7.93. The lowest BCUT2D eigenvalue weighted by Gasteiger charge is -2.31. The molecule has 4 aromatic heterocycles. The summed E-state index contributed by atoms with van der Waals surface area (Å²) in [4.78, 5) is 119. The highest BCUT2D eigenvalue weighted by atomic mass is 16.6. The van der Waals surface area contributed by atoms with Crippen LogP contribution in [0.25, 0.3) is 0 Å². The third-order valence-electron chi connectivity index (χ3n) is 11.3. The average molecular weight is 1010 g/mol. The van der Waals surface area contributed by atoms with Gasteiger partial charge in [0.05, 0.1) is 22.3 Å². The van der Waals surface area contributed by atoms with Gasteiger partial charge in [-0.05, 0) is 64.3 Å². The molecule has 5 amide bonds. The second-order valence-electron chi connectivity index (χ2n) is 18.0. The van der Waals surface area contributed by atoms with E-state index in [1.807, 2.05) is 9.80 Å². The zero-order valence-corrected chi connectivity index (χ0v) is 41.4. The Kier molecular flexibility index (Phi) is 20.3. The van der Waals surface area contributed by atoms with Crippen molar-refractivity contribution in [2.75, 3.05) is 65.4 Å². The maximum Gasteiger partial charge on any atom is 0.407 e. The molecule has 9 N–H and O–H groups in total. The number of nitrogens with one attached hydrogen (secondary N) is 5. The molecule has 0 radical (unpaired) electrons. The molecule has 25 heteroatoms. The van der Waals surface area contributed by atoms with E-state index in [0.717, 1.165) is 18.3 Å². The molecule has 4 heterocycles. The smallest absolute Gasteiger partial charge is 0.407 e. The van der Waals surface area contributed by atoms with E-state index in [2.05, 4.69) is 26.6 Å². The second kappa shape index (κ2) is 25.8. The molecule has 1 atom stereocenters. The van der Waals surface area contributed by atoms with Gasteiger partial charge in [-0.15, -0.1) is 0 Å². The Morgan fingerprint density at radius 2 is 0.861 bits per heavy atom. The van der Waals surface area contributed by atoms with Crippen LogP contribution in [0.5, 0.6) is 23.0 Å². The average Bonchev–Trinajstić information content (AvgIpc) is 3.31. The van der Waals surface area contributed by atoms with E-state index in [0.29, 0.717) is 19.3 Å². The minimum absolute atomic E-state index is 0.0247. The number of aromatic hydroxyl groups is 4. The van der Waals surface area contributed by atoms with Crippen molar-refractivity contribution in [1.29, 1.82) is 0 Å². The molecule has 0 aromatic carbocycles. The topological polar surface area (TPSA) is 330 Å². The van der Waals surface area contributed by atoms with Crippen molar-refractivity contribution in [3.8, 4) is 23.0 Å². The lowest BCUT2D eigenvalue weighted by atomic mass is 10.1. The fourth-order valence-corrected chi connectivity index (χ4v) is 7.18. The van der Waals surface area contributed by atoms with Crippen LogP contribution in [0.15, 0.2) is 68.2 Å². The van der Waals surface area contributed by atoms with Crippen LogP contribution >= 0.6 is 0 Å². The van der Waals surface area contributed by atoms with Gasteiger partial charge in [0.1, 0.15) is 5.60 Å². The van der Waals surface area contributed by atoms with Gasteiger partial charge in [0, 0.05) is 124 Å². The Morgan fingerprint density at radius 1 is 0.514 bits per heavy atom. The Labute approximate surface area is 413 Å². The van der Waals surface area contributed by atoms with E-state index in [-0.39, 0.29) is 87.7 Å². The quantitative estimate of drug-likeness (QED) is 0.0380. The van der Waals surface area contributed by atoms with Gasteiger partial charge in [-0.25, -0.2) is 4.79 Å². The number of amides is 5. The number of hydrogen-bond donors (Lipinski definition) is 9. The number of aromatic nitrogens is 4. The molecule has 0 bridgehead atoms. The summed E-state index contributed by atoms with van der Waals surface area (Å²) in [7, 11) is 5.64. The lowest BCUT2D eigenvalue weighted by Crippen LogP contribution is -2.49. The Balaban J connectivity index is 1.61. The van der Waals surface area contributed by atoms with Crippen molar-refractivity contribution >= 4 is 29.7 Å². The van der Waals surface area contributed by atoms with Gasteiger partial charge < -0.3 is 70.0 Å². The molecule has 0 aliphatic heterocycles. The molecule has 0 aliphatic rings. The van der Waals surface area contributed by atoms with E-state index >= 15 is 0 Å². The molecule has 392 valence electrons. The van der Waals surface area contributed by atoms with Crippen LogP contribution < -0.4 is 48.8 Å². The summed E-state index contributed by atoms with van der Waals surface area (Å²) in [6, 6.07) is 4.45. The summed E-state index contributed by atoms with van der Waals surface area (Å²) in [5, 5.41) is 55.5. The van der Waals surface area contributed by atoms with Crippen LogP contribution in [-0.4, -0.2) is 155 Å². The molecule has 0 fully saturated rings. The number of nitrogens with zero attached hydrogens (tertiary/aromatic N) is 6. The predicted octanol–water partition coefficient (Wildman–Crippen LogP) is -1.01. The van der Waals surface area contributed by atoms with Crippen molar-refractivity contribution in [3.63, 3.8) is 0 Å². The van der Waals surface area contributed by atoms with E-state index in [1.165, 1.54) is 77.2 Å². The normalized spacial score (nSPS) is 11.8. The van der Waals surface area contributed by atoms with Crippen LogP contribution in [0.2, 0.25) is 0 Å². The SMILES string of the molecule is Cn1ccc(C(=O)NCCN(CCNC(=O)c2ccn(C)c(=O)c2O)CCN(CCNC(=O)c2ccn(C)c(=O)c2O)CC(CCCCNC(=O)OC(C)(C)C)NC(=O)c2ccn(C)c(=O)c2O)c(O)c1=O. The van der Waals surface area contributed by atoms with Crippen LogP contribution in [0, 0.1) is 0 Å². The third kappa shape index (κ3) is 16.1. The highest BCUT2D eigenvalue weighted by Crippen LogP contribution is 2.15. The Bertz CT molecular complexity index is 2760. The molecule has 0 spiro atoms. The van der Waals surface area contributed by atoms with Gasteiger partial charge in [0.25, 0.3) is 45.9 Å². The zero-order chi connectivity index (χ0) is 53.4. The number of carbonyl (C=O) groups is 5. The fourth-order valence-electron chi connectivity index (χ4n) is 7.18. The summed E-state index contributed by atoms with van der Waals surface area (Å²) in [5.74, 6) is -5.96. The number of alkyl carbamates (subject to hydrolysis) is 1. The molecule has 4 rings (SSSR count). The second-order valence-corrected chi connectivity index (χ2v) is 18.0. The van der Waals surface area contributed by atoms with Gasteiger partial charge in [-0.2, -0.15) is 0 Å². The van der Waals surface area contributed by atoms with Gasteiger partial charge in [0.2, 0.25) is 0 Å². The van der Waals surface area contributed by atoms with Crippen molar-refractivity contribution in [2.24, 2.45) is 28.2 Å². The van der Waals surface area contributed by atoms with Crippen LogP contribution in [0.3, 0.4) is 0 Å². The number of rotatable bonds is 24. The maximum absolute atomic E-state index is 13.7. The van der Waals surface area contributed by atoms with Crippen molar-refractivity contribution in [3.05, 3.63) is 113 Å². The first-order valence-corrected chi connectivity index (χ1v) is 23.0. The molecular weight excluding hydrogens is 943 g/mol. The number of unbranched alkanes of at least 4 members (excludes halogenated alkanes) is 1. The minimum Gasteiger partial charge on any atom is -0.502 e. The summed E-state index contributed by atoms with van der Waals surface area (Å²) in [6.07, 6.45) is 5.92. The first-order valence-electron chi connectivity index (χ1n) is 23.0. The molecule has 4 aromatic rings. The number of ether oxygens (including phenoxy) is 1. The van der Waals surface area contributed by atoms with E-state index in [4.69, 9.17) is 4.74 Å². The van der Waals surface area contributed by atoms with E-state index in [9.17, 15) is 63.6 Å². The molecule has 25 nitrogen and oxygen atoms in total. The van der Waals surface area contributed by atoms with Crippen LogP contribution in [-0.2, 0) is 32.9 Å². The number of aryl methyl sites for hydroxylation is 4. The molecule has 0 saturated carbocycles. The summed E-state index contributed by atoms with van der Waals surface area (Å²) in [6.45, 7) is 6.16. The fraction of sp³-hybridized carbons (Fsp3) is 0.468. The first kappa shape index (κ1) is 56.7. The highest BCUT2D eigenvalue weighted by Gasteiger charge is 2.24. The number of hydrogen-bond acceptors (Lipinski definition) is 16. The summed E-state index contributed by atoms with van der Waals surface area (Å²) >= 11 is 0. The monoisotopic (exact) mass is 1010 g/mol. The minimum atomic E-state index is -0.797. The Morgan fingerprint density at radius 3 is 1.24 bits per heavy atom. The van der Waals surface area contributed by atoms with Crippen LogP contribution in [0.1, 0.15) is 81.5 Å². The van der Waals surface area contributed by atoms with Gasteiger partial charge >= 0.3 is 6.09 Å². The standard InChI is InChI=1S/C47H65N11O14/c1-47(2,3)72-46(71)51-15-9-8-10-29(52-41(66)33-14-22-56(7)45(70)37(33)62)28-58(25-18-50-40(65)32-13-21-55(6)44(69)36(32)61)27-26-57(23-16-48-38(63)30-11-19-53(4)42(67)34(30)59)24-17-49-39(64)31-12-20-54(5)43(68)35(31)60/h11-14,19-22,29,59-62H,8-10,15-18,23-28H2,1-7H3,(H,48,63)(H,49,64)(H,50,65)(H,51,71)(H,52,66). The molecule has 72 heavy (non-hydrogen) atoms. The van der Waals surface area contributed by atoms with Crippen LogP contribution in [0.4, 0.5) is 4.79 Å². The van der Waals surface area contributed by atoms with Crippen molar-refractivity contribution in [1.82, 2.24) is 54.7 Å². The number of carbonyl (C=O) groups excluding carboxylic acids is 5. The molecule has 0 aliphatic carbocycles. The molecular formula is C47H65N11O14. The van der Waals surface area contributed by atoms with Crippen molar-refractivity contribution < 1.29 is 49.1 Å². The van der Waals surface area contributed by atoms with Gasteiger partial charge in [-0.3, -0.25) is 48.2 Å². The van der Waals surface area contributed by atoms with Crippen molar-refractivity contribution in [2.45, 2.75) is 51.7 Å². The summed E-state index contributed by atoms with van der Waals surface area (Å²) < 4.78 is 9.74. The maximum atomic E-state index is 13.7. The number of pyridine rings is 4. The predicted molar refractivity (Wildman–Crippen MR) is 263 cm³/mol. The van der Waals surface area contributed by atoms with Gasteiger partial charge in [-0.1, -0.05) is 0 Å². The van der Waals surface area contributed by atoms with E-state index in [1.54, 1.807) is 20.8 Å². The highest BCUT2D eigenvalue weighted by molar-refractivity contribution is 5.98. The lowest BCUT2D eigenvalue weighted by molar-refractivity contribution is 0.0526. The summed E-state index contributed by atoms with van der Waals surface area (Å²) in [5.41, 5.74) is -4.88. The largest absolute Gasteiger partial charge is 0.502 e. The zero-order valence-electron chi connectivity index (χ0n) is 41.4. The first-order chi connectivity index (χ1) is 33.9.